The van der Waals surface area contributed by atoms with E-state index in [0.29, 0.717) is 5.92 Å². The number of piperidine rings is 1. The Hall–Kier alpha value is -0.180. The van der Waals surface area contributed by atoms with Crippen molar-refractivity contribution in [1.82, 2.24) is 15.5 Å². The maximum absolute atomic E-state index is 11.3. The SMILES string of the molecule is CN=C(NCC1CCN(C(C)=O)CC1)NCC1CCCS1.I. The zero-order valence-electron chi connectivity index (χ0n) is 13.6. The average Bonchev–Trinajstić information content (AvgIpc) is 3.01. The number of hydrogen-bond donors (Lipinski definition) is 2. The van der Waals surface area contributed by atoms with Crippen molar-refractivity contribution in [1.29, 1.82) is 0 Å². The van der Waals surface area contributed by atoms with Gasteiger partial charge in [-0.1, -0.05) is 0 Å². The maximum Gasteiger partial charge on any atom is 0.219 e. The monoisotopic (exact) mass is 440 g/mol. The van der Waals surface area contributed by atoms with Gasteiger partial charge in [0.15, 0.2) is 5.96 Å². The van der Waals surface area contributed by atoms with Crippen LogP contribution >= 0.6 is 35.7 Å². The Balaban J connectivity index is 0.00000242. The number of nitrogens with zero attached hydrogens (tertiary/aromatic N) is 2. The number of carbonyl (C=O) groups excluding carboxylic acids is 1. The Morgan fingerprint density at radius 2 is 1.91 bits per heavy atom. The summed E-state index contributed by atoms with van der Waals surface area (Å²) in [6, 6.07) is 0. The van der Waals surface area contributed by atoms with Crippen LogP contribution in [0.2, 0.25) is 0 Å². The van der Waals surface area contributed by atoms with Crippen molar-refractivity contribution < 1.29 is 4.79 Å². The fourth-order valence-corrected chi connectivity index (χ4v) is 4.13. The quantitative estimate of drug-likeness (QED) is 0.399. The molecule has 0 bridgehead atoms. The summed E-state index contributed by atoms with van der Waals surface area (Å²) in [7, 11) is 1.83. The Bertz CT molecular complexity index is 367. The van der Waals surface area contributed by atoms with E-state index in [1.54, 1.807) is 6.92 Å². The molecule has 1 atom stereocenters. The molecule has 7 heteroatoms. The molecular formula is C15H29IN4OS. The van der Waals surface area contributed by atoms with Crippen molar-refractivity contribution in [2.75, 3.05) is 39.0 Å². The van der Waals surface area contributed by atoms with Crippen LogP contribution in [0.5, 0.6) is 0 Å². The molecule has 0 radical (unpaired) electrons. The van der Waals surface area contributed by atoms with Crippen molar-refractivity contribution in [2.24, 2.45) is 10.9 Å². The number of guanidine groups is 1. The van der Waals surface area contributed by atoms with Gasteiger partial charge in [-0.05, 0) is 37.4 Å². The molecule has 0 aromatic heterocycles. The number of aliphatic imine (C=N–C) groups is 1. The first-order valence-electron chi connectivity index (χ1n) is 8.00. The Labute approximate surface area is 155 Å². The topological polar surface area (TPSA) is 56.7 Å². The normalized spacial score (nSPS) is 23.1. The molecule has 0 aromatic rings. The second-order valence-electron chi connectivity index (χ2n) is 5.92. The van der Waals surface area contributed by atoms with Gasteiger partial charge in [0.05, 0.1) is 0 Å². The van der Waals surface area contributed by atoms with E-state index in [4.69, 9.17) is 0 Å². The van der Waals surface area contributed by atoms with Gasteiger partial charge in [0.25, 0.3) is 0 Å². The number of likely N-dealkylation sites (tertiary alicyclic amines) is 1. The zero-order valence-corrected chi connectivity index (χ0v) is 16.8. The van der Waals surface area contributed by atoms with Crippen LogP contribution in [0, 0.1) is 5.92 Å². The molecule has 1 amide bonds. The summed E-state index contributed by atoms with van der Waals surface area (Å²) in [6.45, 7) is 5.40. The third kappa shape index (κ3) is 6.52. The number of thioether (sulfide) groups is 1. The minimum absolute atomic E-state index is 0. The van der Waals surface area contributed by atoms with E-state index in [-0.39, 0.29) is 29.9 Å². The van der Waals surface area contributed by atoms with Crippen LogP contribution in [0.3, 0.4) is 0 Å². The highest BCUT2D eigenvalue weighted by Gasteiger charge is 2.21. The Kier molecular flexibility index (Phi) is 9.54. The standard InChI is InChI=1S/C15H28N4OS.HI/c1-12(20)19-7-5-13(6-8-19)10-17-15(16-2)18-11-14-4-3-9-21-14;/h13-14H,3-11H2,1-2H3,(H2,16,17,18);1H. The summed E-state index contributed by atoms with van der Waals surface area (Å²) in [5, 5.41) is 7.60. The zero-order chi connectivity index (χ0) is 15.1. The lowest BCUT2D eigenvalue weighted by atomic mass is 9.97. The summed E-state index contributed by atoms with van der Waals surface area (Å²) in [5.41, 5.74) is 0. The highest BCUT2D eigenvalue weighted by molar-refractivity contribution is 14.0. The van der Waals surface area contributed by atoms with Gasteiger partial charge < -0.3 is 15.5 Å². The van der Waals surface area contributed by atoms with Crippen molar-refractivity contribution >= 4 is 47.6 Å². The number of carbonyl (C=O) groups is 1. The Morgan fingerprint density at radius 1 is 1.23 bits per heavy atom. The Morgan fingerprint density at radius 3 is 2.45 bits per heavy atom. The third-order valence-electron chi connectivity index (χ3n) is 4.36. The van der Waals surface area contributed by atoms with E-state index in [9.17, 15) is 4.79 Å². The molecule has 2 aliphatic heterocycles. The van der Waals surface area contributed by atoms with Crippen LogP contribution in [0.4, 0.5) is 0 Å². The van der Waals surface area contributed by atoms with Gasteiger partial charge >= 0.3 is 0 Å². The molecule has 2 rings (SSSR count). The summed E-state index contributed by atoms with van der Waals surface area (Å²) >= 11 is 2.06. The van der Waals surface area contributed by atoms with Crippen molar-refractivity contribution in [3.05, 3.63) is 0 Å². The van der Waals surface area contributed by atoms with Gasteiger partial charge in [-0.25, -0.2) is 0 Å². The molecule has 128 valence electrons. The average molecular weight is 440 g/mol. The number of halogens is 1. The predicted molar refractivity (Wildman–Crippen MR) is 105 cm³/mol. The van der Waals surface area contributed by atoms with Crippen LogP contribution in [0.25, 0.3) is 0 Å². The van der Waals surface area contributed by atoms with E-state index in [1.807, 2.05) is 11.9 Å². The van der Waals surface area contributed by atoms with E-state index in [0.717, 1.165) is 50.2 Å². The molecule has 2 N–H and O–H groups in total. The van der Waals surface area contributed by atoms with Gasteiger partial charge in [0.2, 0.25) is 5.91 Å². The maximum atomic E-state index is 11.3. The first kappa shape index (κ1) is 19.9. The molecule has 0 aromatic carbocycles. The van der Waals surface area contributed by atoms with Crippen LogP contribution in [-0.4, -0.2) is 61.0 Å². The molecule has 5 nitrogen and oxygen atoms in total. The minimum Gasteiger partial charge on any atom is -0.356 e. The van der Waals surface area contributed by atoms with E-state index in [2.05, 4.69) is 27.4 Å². The van der Waals surface area contributed by atoms with Gasteiger partial charge in [0, 0.05) is 45.4 Å². The third-order valence-corrected chi connectivity index (χ3v) is 5.76. The smallest absolute Gasteiger partial charge is 0.219 e. The number of hydrogen-bond acceptors (Lipinski definition) is 3. The fraction of sp³-hybridized carbons (Fsp3) is 0.867. The van der Waals surface area contributed by atoms with Gasteiger partial charge in [-0.15, -0.1) is 24.0 Å². The predicted octanol–water partition coefficient (Wildman–Crippen LogP) is 1.92. The lowest BCUT2D eigenvalue weighted by Gasteiger charge is -2.31. The number of nitrogens with one attached hydrogen (secondary N) is 2. The van der Waals surface area contributed by atoms with Crippen LogP contribution < -0.4 is 10.6 Å². The van der Waals surface area contributed by atoms with Crippen molar-refractivity contribution in [2.45, 2.75) is 37.9 Å². The second-order valence-corrected chi connectivity index (χ2v) is 7.33. The summed E-state index contributed by atoms with van der Waals surface area (Å²) < 4.78 is 0. The molecule has 2 heterocycles. The highest BCUT2D eigenvalue weighted by Crippen LogP contribution is 2.25. The van der Waals surface area contributed by atoms with Crippen LogP contribution in [0.15, 0.2) is 4.99 Å². The number of amides is 1. The van der Waals surface area contributed by atoms with E-state index < -0.39 is 0 Å². The van der Waals surface area contributed by atoms with Crippen LogP contribution in [0.1, 0.15) is 32.6 Å². The fourth-order valence-electron chi connectivity index (χ4n) is 2.93. The molecule has 2 saturated heterocycles. The molecule has 0 saturated carbocycles. The molecule has 2 aliphatic rings. The van der Waals surface area contributed by atoms with E-state index >= 15 is 0 Å². The van der Waals surface area contributed by atoms with Gasteiger partial charge in [-0.2, -0.15) is 11.8 Å². The summed E-state index contributed by atoms with van der Waals surface area (Å²) in [4.78, 5) is 17.6. The van der Waals surface area contributed by atoms with Crippen molar-refractivity contribution in [3.8, 4) is 0 Å². The highest BCUT2D eigenvalue weighted by atomic mass is 127. The minimum atomic E-state index is 0. The van der Waals surface area contributed by atoms with Gasteiger partial charge in [0.1, 0.15) is 0 Å². The first-order valence-corrected chi connectivity index (χ1v) is 9.05. The lowest BCUT2D eigenvalue weighted by molar-refractivity contribution is -0.130. The first-order chi connectivity index (χ1) is 10.2. The molecular weight excluding hydrogens is 411 g/mol. The summed E-state index contributed by atoms with van der Waals surface area (Å²) in [6.07, 6.45) is 4.83. The van der Waals surface area contributed by atoms with Crippen molar-refractivity contribution in [3.63, 3.8) is 0 Å². The largest absolute Gasteiger partial charge is 0.356 e. The molecule has 22 heavy (non-hydrogen) atoms. The second kappa shape index (κ2) is 10.6. The van der Waals surface area contributed by atoms with E-state index in [1.165, 1.54) is 18.6 Å². The van der Waals surface area contributed by atoms with Gasteiger partial charge in [-0.3, -0.25) is 9.79 Å². The molecule has 0 aliphatic carbocycles. The molecule has 2 fully saturated rings. The molecule has 1 unspecified atom stereocenters. The molecule has 0 spiro atoms. The lowest BCUT2D eigenvalue weighted by Crippen LogP contribution is -2.44. The number of rotatable bonds is 4. The van der Waals surface area contributed by atoms with Crippen LogP contribution in [-0.2, 0) is 4.79 Å². The summed E-state index contributed by atoms with van der Waals surface area (Å²) in [5.74, 6) is 3.05.